The van der Waals surface area contributed by atoms with Gasteiger partial charge in [0.05, 0.1) is 23.0 Å². The molecule has 0 spiro atoms. The van der Waals surface area contributed by atoms with Crippen molar-refractivity contribution in [2.45, 2.75) is 19.4 Å². The Labute approximate surface area is 187 Å². The van der Waals surface area contributed by atoms with E-state index >= 15 is 0 Å². The van der Waals surface area contributed by atoms with Crippen molar-refractivity contribution in [2.24, 2.45) is 10.1 Å². The summed E-state index contributed by atoms with van der Waals surface area (Å²) in [6.07, 6.45) is 0.580. The molecule has 0 radical (unpaired) electrons. The number of aromatic nitrogens is 1. The van der Waals surface area contributed by atoms with E-state index in [2.05, 4.69) is 22.1 Å². The lowest BCUT2D eigenvalue weighted by molar-refractivity contribution is -0.115. The van der Waals surface area contributed by atoms with Crippen LogP contribution in [0.1, 0.15) is 29.2 Å². The zero-order valence-electron chi connectivity index (χ0n) is 16.0. The molecule has 0 fully saturated rings. The van der Waals surface area contributed by atoms with E-state index in [0.29, 0.717) is 27.5 Å². The summed E-state index contributed by atoms with van der Waals surface area (Å²) in [5.74, 6) is 0.159. The van der Waals surface area contributed by atoms with Crippen LogP contribution >= 0.6 is 35.0 Å². The second-order valence-corrected chi connectivity index (χ2v) is 8.94. The molecule has 5 rings (SSSR count). The summed E-state index contributed by atoms with van der Waals surface area (Å²) in [6, 6.07) is 15.5. The van der Waals surface area contributed by atoms with Gasteiger partial charge in [-0.2, -0.15) is 10.1 Å². The number of hydrazone groups is 1. The highest BCUT2D eigenvalue weighted by atomic mass is 35.5. The highest BCUT2D eigenvalue weighted by Crippen LogP contribution is 2.40. The Kier molecular flexibility index (Phi) is 5.01. The Morgan fingerprint density at radius 2 is 1.97 bits per heavy atom. The zero-order chi connectivity index (χ0) is 20.8. The lowest BCUT2D eigenvalue weighted by Crippen LogP contribution is -2.24. The topological polar surface area (TPSA) is 57.9 Å². The molecule has 150 valence electrons. The van der Waals surface area contributed by atoms with Crippen LogP contribution in [-0.2, 0) is 4.79 Å². The maximum Gasteiger partial charge on any atom is 0.258 e. The highest BCUT2D eigenvalue weighted by Gasteiger charge is 2.36. The van der Waals surface area contributed by atoms with Gasteiger partial charge in [0.2, 0.25) is 0 Å². The molecule has 2 aliphatic rings. The first kappa shape index (κ1) is 19.5. The van der Waals surface area contributed by atoms with Crippen LogP contribution in [0.25, 0.3) is 10.9 Å². The molecule has 0 saturated heterocycles. The van der Waals surface area contributed by atoms with Crippen LogP contribution in [0.15, 0.2) is 58.6 Å². The molecule has 3 aromatic rings. The van der Waals surface area contributed by atoms with Gasteiger partial charge in [0.15, 0.2) is 5.17 Å². The number of halogens is 2. The van der Waals surface area contributed by atoms with Crippen molar-refractivity contribution in [1.82, 2.24) is 9.99 Å². The molecular formula is C22H16Cl2N4OS. The van der Waals surface area contributed by atoms with E-state index in [0.717, 1.165) is 33.3 Å². The zero-order valence-corrected chi connectivity index (χ0v) is 18.3. The van der Waals surface area contributed by atoms with E-state index in [-0.39, 0.29) is 11.9 Å². The van der Waals surface area contributed by atoms with Crippen LogP contribution in [0.2, 0.25) is 10.2 Å². The van der Waals surface area contributed by atoms with Crippen molar-refractivity contribution >= 4 is 62.7 Å². The Morgan fingerprint density at radius 1 is 1.13 bits per heavy atom. The monoisotopic (exact) mass is 454 g/mol. The number of amidine groups is 1. The number of fused-ring (bicyclic) bond motifs is 1. The SMILES string of the molecule is Cc1ccc2nc(Cl)c(C3CC(c4ccccc4Cl)=NN3C3=NC(=O)CS3)cc2c1. The summed E-state index contributed by atoms with van der Waals surface area (Å²) in [6.45, 7) is 2.05. The van der Waals surface area contributed by atoms with Crippen molar-refractivity contribution in [2.75, 3.05) is 5.75 Å². The van der Waals surface area contributed by atoms with E-state index in [1.807, 2.05) is 43.3 Å². The van der Waals surface area contributed by atoms with Crippen LogP contribution in [0.3, 0.4) is 0 Å². The molecule has 2 aromatic carbocycles. The van der Waals surface area contributed by atoms with Crippen LogP contribution in [0.5, 0.6) is 0 Å². The van der Waals surface area contributed by atoms with Gasteiger partial charge in [-0.25, -0.2) is 9.99 Å². The number of aliphatic imine (C=N–C) groups is 1. The fourth-order valence-electron chi connectivity index (χ4n) is 3.72. The van der Waals surface area contributed by atoms with E-state index in [1.165, 1.54) is 11.8 Å². The molecule has 1 amide bonds. The predicted molar refractivity (Wildman–Crippen MR) is 124 cm³/mol. The third-order valence-corrected chi connectivity index (χ3v) is 6.71. The molecule has 0 N–H and O–H groups in total. The molecule has 1 atom stereocenters. The number of amides is 1. The second-order valence-electron chi connectivity index (χ2n) is 7.23. The van der Waals surface area contributed by atoms with Gasteiger partial charge >= 0.3 is 0 Å². The quantitative estimate of drug-likeness (QED) is 0.470. The van der Waals surface area contributed by atoms with Crippen molar-refractivity contribution < 1.29 is 4.79 Å². The van der Waals surface area contributed by atoms with Gasteiger partial charge in [-0.05, 0) is 31.2 Å². The maximum atomic E-state index is 11.8. The molecule has 5 nitrogen and oxygen atoms in total. The van der Waals surface area contributed by atoms with Crippen LogP contribution < -0.4 is 0 Å². The Hall–Kier alpha value is -2.41. The van der Waals surface area contributed by atoms with Gasteiger partial charge in [-0.15, -0.1) is 0 Å². The number of benzene rings is 2. The number of carbonyl (C=O) groups excluding carboxylic acids is 1. The molecular weight excluding hydrogens is 439 g/mol. The molecule has 30 heavy (non-hydrogen) atoms. The predicted octanol–water partition coefficient (Wildman–Crippen LogP) is 5.63. The largest absolute Gasteiger partial charge is 0.272 e. The summed E-state index contributed by atoms with van der Waals surface area (Å²) in [5, 5.41) is 9.24. The minimum Gasteiger partial charge on any atom is -0.272 e. The first-order valence-electron chi connectivity index (χ1n) is 9.42. The van der Waals surface area contributed by atoms with Crippen LogP contribution in [0.4, 0.5) is 0 Å². The van der Waals surface area contributed by atoms with Gasteiger partial charge in [0.1, 0.15) is 5.15 Å². The van der Waals surface area contributed by atoms with Crippen molar-refractivity contribution in [3.63, 3.8) is 0 Å². The molecule has 2 aliphatic heterocycles. The molecule has 3 heterocycles. The van der Waals surface area contributed by atoms with E-state index in [9.17, 15) is 4.79 Å². The minimum absolute atomic E-state index is 0.159. The summed E-state index contributed by atoms with van der Waals surface area (Å²) in [5.41, 5.74) is 4.53. The van der Waals surface area contributed by atoms with E-state index < -0.39 is 0 Å². The van der Waals surface area contributed by atoms with Crippen molar-refractivity contribution in [3.05, 3.63) is 75.4 Å². The Balaban J connectivity index is 1.62. The normalized spacial score (nSPS) is 18.8. The second kappa shape index (κ2) is 7.69. The molecule has 0 bridgehead atoms. The third-order valence-electron chi connectivity index (χ3n) is 5.15. The number of rotatable bonds is 2. The van der Waals surface area contributed by atoms with Crippen LogP contribution in [0, 0.1) is 6.92 Å². The molecule has 1 unspecified atom stereocenters. The Morgan fingerprint density at radius 3 is 2.73 bits per heavy atom. The summed E-state index contributed by atoms with van der Waals surface area (Å²) in [4.78, 5) is 20.6. The first-order chi connectivity index (χ1) is 14.5. The van der Waals surface area contributed by atoms with Crippen LogP contribution in [-0.4, -0.2) is 32.5 Å². The average Bonchev–Trinajstić information content (AvgIpc) is 3.34. The molecule has 1 aromatic heterocycles. The number of carbonyl (C=O) groups is 1. The first-order valence-corrected chi connectivity index (χ1v) is 11.2. The maximum absolute atomic E-state index is 11.8. The van der Waals surface area contributed by atoms with Gasteiger partial charge in [-0.3, -0.25) is 4.79 Å². The number of hydrogen-bond donors (Lipinski definition) is 0. The average molecular weight is 455 g/mol. The van der Waals surface area contributed by atoms with Crippen molar-refractivity contribution in [1.29, 1.82) is 0 Å². The number of pyridine rings is 1. The summed E-state index contributed by atoms with van der Waals surface area (Å²) in [7, 11) is 0. The molecule has 8 heteroatoms. The van der Waals surface area contributed by atoms with Gasteiger partial charge in [0, 0.05) is 28.0 Å². The Bertz CT molecular complexity index is 1260. The minimum atomic E-state index is -0.224. The highest BCUT2D eigenvalue weighted by molar-refractivity contribution is 8.14. The van der Waals surface area contributed by atoms with Gasteiger partial charge in [-0.1, -0.05) is 64.8 Å². The number of aryl methyl sites for hydroxylation is 1. The smallest absolute Gasteiger partial charge is 0.258 e. The third kappa shape index (κ3) is 3.49. The molecule has 0 saturated carbocycles. The summed E-state index contributed by atoms with van der Waals surface area (Å²) >= 11 is 14.4. The number of thioether (sulfide) groups is 1. The van der Waals surface area contributed by atoms with E-state index in [4.69, 9.17) is 28.3 Å². The number of hydrogen-bond acceptors (Lipinski definition) is 5. The standard InChI is InChI=1S/C22H16Cl2N4OS/c1-12-6-7-17-13(8-12)9-15(21(24)25-17)19-10-18(14-4-2-3-5-16(14)23)27-28(19)22-26-20(29)11-30-22/h2-9,19H,10-11H2,1H3. The van der Waals surface area contributed by atoms with Gasteiger partial charge < -0.3 is 0 Å². The van der Waals surface area contributed by atoms with Gasteiger partial charge in [0.25, 0.3) is 5.91 Å². The summed E-state index contributed by atoms with van der Waals surface area (Å²) < 4.78 is 0. The molecule has 0 aliphatic carbocycles. The lowest BCUT2D eigenvalue weighted by atomic mass is 9.98. The fourth-order valence-corrected chi connectivity index (χ4v) is 5.02. The fraction of sp³-hybridized carbons (Fsp3) is 0.182. The van der Waals surface area contributed by atoms with E-state index in [1.54, 1.807) is 5.01 Å². The van der Waals surface area contributed by atoms with Crippen molar-refractivity contribution in [3.8, 4) is 0 Å². The number of nitrogens with zero attached hydrogens (tertiary/aromatic N) is 4. The lowest BCUT2D eigenvalue weighted by Gasteiger charge is -2.23.